The van der Waals surface area contributed by atoms with E-state index in [1.807, 2.05) is 13.8 Å². The first kappa shape index (κ1) is 19.6. The highest BCUT2D eigenvalue weighted by Gasteiger charge is 2.51. The fraction of sp³-hybridized carbons (Fsp3) is 0.765. The third-order valence-electron chi connectivity index (χ3n) is 4.68. The van der Waals surface area contributed by atoms with E-state index < -0.39 is 31.9 Å². The lowest BCUT2D eigenvalue weighted by Crippen LogP contribution is -2.53. The van der Waals surface area contributed by atoms with E-state index in [0.717, 1.165) is 0 Å². The molecule has 0 aromatic heterocycles. The van der Waals surface area contributed by atoms with Gasteiger partial charge in [0.25, 0.3) is 0 Å². The van der Waals surface area contributed by atoms with Gasteiger partial charge in [0.1, 0.15) is 17.8 Å². The molecule has 0 spiro atoms. The van der Waals surface area contributed by atoms with E-state index in [1.54, 1.807) is 6.08 Å². The lowest BCUT2D eigenvalue weighted by molar-refractivity contribution is -0.166. The zero-order valence-corrected chi connectivity index (χ0v) is 16.1. The second-order valence-corrected chi connectivity index (χ2v) is 12.8. The molecule has 0 aromatic carbocycles. The molecule has 1 aliphatic rings. The normalized spacial score (nSPS) is 28.2. The third-order valence-corrected chi connectivity index (χ3v) is 9.16. The molecule has 2 unspecified atom stereocenters. The summed E-state index contributed by atoms with van der Waals surface area (Å²) < 4.78 is 17.8. The number of aliphatic hydroxyl groups is 1. The minimum atomic E-state index is -1.98. The summed E-state index contributed by atoms with van der Waals surface area (Å²) in [6.07, 6.45) is 2.16. The van der Waals surface area contributed by atoms with Crippen molar-refractivity contribution in [3.8, 4) is 0 Å². The first-order valence-corrected chi connectivity index (χ1v) is 10.7. The Kier molecular flexibility index (Phi) is 5.53. The molecule has 0 aliphatic carbocycles. The van der Waals surface area contributed by atoms with Crippen LogP contribution in [0.5, 0.6) is 0 Å². The lowest BCUT2D eigenvalue weighted by atomic mass is 9.93. The Morgan fingerprint density at radius 3 is 2.18 bits per heavy atom. The summed E-state index contributed by atoms with van der Waals surface area (Å²) >= 11 is 0. The van der Waals surface area contributed by atoms with Gasteiger partial charge in [0.15, 0.2) is 14.1 Å². The van der Waals surface area contributed by atoms with Gasteiger partial charge < -0.3 is 19.0 Å². The Balaban J connectivity index is 2.93. The van der Waals surface area contributed by atoms with Crippen LogP contribution in [-0.4, -0.2) is 43.6 Å². The summed E-state index contributed by atoms with van der Waals surface area (Å²) in [7, 11) is -1.98. The Labute approximate surface area is 136 Å². The van der Waals surface area contributed by atoms with Crippen LogP contribution in [0.25, 0.3) is 0 Å². The molecule has 22 heavy (non-hydrogen) atoms. The van der Waals surface area contributed by atoms with Crippen molar-refractivity contribution in [3.05, 3.63) is 25.3 Å². The zero-order valence-electron chi connectivity index (χ0n) is 15.1. The average molecular weight is 329 g/mol. The molecule has 0 bridgehead atoms. The van der Waals surface area contributed by atoms with E-state index in [2.05, 4.69) is 47.0 Å². The minimum absolute atomic E-state index is 0.0687. The van der Waals surface area contributed by atoms with E-state index in [1.165, 1.54) is 6.08 Å². The maximum atomic E-state index is 11.0. The van der Waals surface area contributed by atoms with Crippen LogP contribution >= 0.6 is 0 Å². The van der Waals surface area contributed by atoms with E-state index in [9.17, 15) is 5.11 Å². The van der Waals surface area contributed by atoms with Gasteiger partial charge in [-0.1, -0.05) is 32.9 Å². The minimum Gasteiger partial charge on any atom is -0.413 e. The van der Waals surface area contributed by atoms with Crippen molar-refractivity contribution in [1.82, 2.24) is 0 Å². The highest BCUT2D eigenvalue weighted by atomic mass is 28.4. The lowest BCUT2D eigenvalue weighted by Gasteiger charge is -2.40. The fourth-order valence-corrected chi connectivity index (χ4v) is 3.14. The summed E-state index contributed by atoms with van der Waals surface area (Å²) in [6, 6.07) is 0. The van der Waals surface area contributed by atoms with Crippen molar-refractivity contribution < 1.29 is 19.0 Å². The van der Waals surface area contributed by atoms with Crippen LogP contribution in [0.15, 0.2) is 25.3 Å². The molecule has 0 aromatic rings. The van der Waals surface area contributed by atoms with E-state index in [4.69, 9.17) is 13.9 Å². The molecule has 1 N–H and O–H groups in total. The largest absolute Gasteiger partial charge is 0.413 e. The highest BCUT2D eigenvalue weighted by molar-refractivity contribution is 6.74. The topological polar surface area (TPSA) is 47.9 Å². The monoisotopic (exact) mass is 328 g/mol. The molecule has 1 saturated heterocycles. The van der Waals surface area contributed by atoms with Gasteiger partial charge in [-0.2, -0.15) is 0 Å². The quantitative estimate of drug-likeness (QED) is 0.597. The maximum Gasteiger partial charge on any atom is 0.192 e. The Morgan fingerprint density at radius 1 is 1.23 bits per heavy atom. The number of hydrogen-bond donors (Lipinski definition) is 1. The van der Waals surface area contributed by atoms with Gasteiger partial charge in [0, 0.05) is 0 Å². The summed E-state index contributed by atoms with van der Waals surface area (Å²) in [6.45, 7) is 22.1. The van der Waals surface area contributed by atoms with Crippen LogP contribution in [-0.2, 0) is 13.9 Å². The third kappa shape index (κ3) is 4.09. The fourth-order valence-electron chi connectivity index (χ4n) is 2.12. The summed E-state index contributed by atoms with van der Waals surface area (Å²) in [5.74, 6) is -0.766. The highest BCUT2D eigenvalue weighted by Crippen LogP contribution is 2.39. The van der Waals surface area contributed by atoms with Crippen LogP contribution in [0.2, 0.25) is 18.1 Å². The molecule has 5 heteroatoms. The van der Waals surface area contributed by atoms with Crippen molar-refractivity contribution in [2.45, 2.75) is 76.3 Å². The van der Waals surface area contributed by atoms with Crippen molar-refractivity contribution in [2.24, 2.45) is 0 Å². The van der Waals surface area contributed by atoms with Crippen molar-refractivity contribution in [2.75, 3.05) is 6.61 Å². The standard InChI is InChI=1S/C17H32O4Si/c1-10-13-14(21-16(6,7)20-13)17(18,11-2)12-19-22(8,9)15(3,4)5/h10-11,13-14,18H,1-2,12H2,3-9H3/t13-,14?,17?/m0/s1. The molecular weight excluding hydrogens is 296 g/mol. The van der Waals surface area contributed by atoms with E-state index >= 15 is 0 Å². The number of hydrogen-bond acceptors (Lipinski definition) is 4. The molecule has 0 radical (unpaired) electrons. The first-order valence-electron chi connectivity index (χ1n) is 7.76. The molecule has 3 atom stereocenters. The van der Waals surface area contributed by atoms with Crippen molar-refractivity contribution in [1.29, 1.82) is 0 Å². The van der Waals surface area contributed by atoms with Crippen LogP contribution < -0.4 is 0 Å². The summed E-state index contributed by atoms with van der Waals surface area (Å²) in [5.41, 5.74) is -1.32. The second kappa shape index (κ2) is 6.21. The second-order valence-electron chi connectivity index (χ2n) is 8.00. The van der Waals surface area contributed by atoms with Crippen molar-refractivity contribution in [3.63, 3.8) is 0 Å². The molecule has 0 saturated carbocycles. The predicted octanol–water partition coefficient (Wildman–Crippen LogP) is 3.63. The Hall–Kier alpha value is -0.463. The molecule has 128 valence electrons. The van der Waals surface area contributed by atoms with Gasteiger partial charge in [-0.3, -0.25) is 0 Å². The number of ether oxygens (including phenoxy) is 2. The average Bonchev–Trinajstić information content (AvgIpc) is 2.70. The molecule has 1 aliphatic heterocycles. The van der Waals surface area contributed by atoms with Gasteiger partial charge in [0.05, 0.1) is 6.61 Å². The van der Waals surface area contributed by atoms with Gasteiger partial charge in [-0.05, 0) is 32.0 Å². The van der Waals surface area contributed by atoms with Crippen LogP contribution in [0.3, 0.4) is 0 Å². The Bertz CT molecular complexity index is 425. The first-order chi connectivity index (χ1) is 9.78. The van der Waals surface area contributed by atoms with Crippen LogP contribution in [0, 0.1) is 0 Å². The van der Waals surface area contributed by atoms with E-state index in [0.29, 0.717) is 0 Å². The maximum absolute atomic E-state index is 11.0. The molecule has 1 rings (SSSR count). The van der Waals surface area contributed by atoms with Crippen molar-refractivity contribution >= 4 is 8.32 Å². The molecular formula is C17H32O4Si. The SMILES string of the molecule is C=C[C@@H]1OC(C)(C)OC1C(O)(C=C)CO[Si](C)(C)C(C)(C)C. The number of rotatable bonds is 6. The predicted molar refractivity (Wildman–Crippen MR) is 92.3 cm³/mol. The van der Waals surface area contributed by atoms with E-state index in [-0.39, 0.29) is 11.6 Å². The van der Waals surface area contributed by atoms with Gasteiger partial charge in [0.2, 0.25) is 0 Å². The molecule has 0 amide bonds. The molecule has 4 nitrogen and oxygen atoms in total. The molecule has 1 fully saturated rings. The smallest absolute Gasteiger partial charge is 0.192 e. The van der Waals surface area contributed by atoms with Gasteiger partial charge in [-0.25, -0.2) is 0 Å². The Morgan fingerprint density at radius 2 is 1.77 bits per heavy atom. The summed E-state index contributed by atoms with van der Waals surface area (Å²) in [4.78, 5) is 0. The summed E-state index contributed by atoms with van der Waals surface area (Å²) in [5, 5.41) is 11.1. The van der Waals surface area contributed by atoms with Crippen LogP contribution in [0.4, 0.5) is 0 Å². The van der Waals surface area contributed by atoms with Crippen LogP contribution in [0.1, 0.15) is 34.6 Å². The van der Waals surface area contributed by atoms with Gasteiger partial charge in [-0.15, -0.1) is 13.2 Å². The zero-order chi connectivity index (χ0) is 17.4. The van der Waals surface area contributed by atoms with Gasteiger partial charge >= 0.3 is 0 Å². The molecule has 1 heterocycles.